The van der Waals surface area contributed by atoms with Gasteiger partial charge in [0.1, 0.15) is 0 Å². The van der Waals surface area contributed by atoms with Crippen LogP contribution in [0.25, 0.3) is 0 Å². The predicted molar refractivity (Wildman–Crippen MR) is 118 cm³/mol. The van der Waals surface area contributed by atoms with Crippen LogP contribution in [0.4, 0.5) is 5.69 Å². The summed E-state index contributed by atoms with van der Waals surface area (Å²) >= 11 is 4.81. The summed E-state index contributed by atoms with van der Waals surface area (Å²) < 4.78 is 28.5. The number of hydrogen-bond donors (Lipinski definition) is 0. The van der Waals surface area contributed by atoms with E-state index in [9.17, 15) is 13.2 Å². The van der Waals surface area contributed by atoms with Gasteiger partial charge in [-0.15, -0.1) is 4.40 Å². The maximum Gasteiger partial charge on any atom is 0.257 e. The zero-order valence-electron chi connectivity index (χ0n) is 15.4. The van der Waals surface area contributed by atoms with E-state index in [0.717, 1.165) is 33.5 Å². The van der Waals surface area contributed by atoms with E-state index in [1.165, 1.54) is 11.8 Å². The van der Waals surface area contributed by atoms with Gasteiger partial charge in [0, 0.05) is 34.1 Å². The van der Waals surface area contributed by atoms with Gasteiger partial charge < -0.3 is 9.80 Å². The minimum absolute atomic E-state index is 0.00954. The lowest BCUT2D eigenvalue weighted by Gasteiger charge is -2.24. The van der Waals surface area contributed by atoms with Crippen LogP contribution in [0, 0.1) is 0 Å². The van der Waals surface area contributed by atoms with Crippen LogP contribution in [0.2, 0.25) is 0 Å². The summed E-state index contributed by atoms with van der Waals surface area (Å²) in [5.74, 6) is 0.0227. The SMILES string of the molecule is O=C(c1ccc2c(c1)SC1=NS(=O)(=O)CCN12)N(Cc1cccc(Br)c1)C1CC1. The number of sulfonamides is 1. The Kier molecular flexibility index (Phi) is 4.71. The van der Waals surface area contributed by atoms with Gasteiger partial charge in [0.2, 0.25) is 0 Å². The molecule has 5 rings (SSSR count). The minimum atomic E-state index is -3.39. The number of carbonyl (C=O) groups is 1. The topological polar surface area (TPSA) is 70.0 Å². The summed E-state index contributed by atoms with van der Waals surface area (Å²) in [5, 5.41) is 0.476. The maximum atomic E-state index is 13.3. The van der Waals surface area contributed by atoms with Crippen molar-refractivity contribution >= 4 is 54.5 Å². The smallest absolute Gasteiger partial charge is 0.257 e. The first-order valence-corrected chi connectivity index (χ1v) is 12.6. The summed E-state index contributed by atoms with van der Waals surface area (Å²) in [5.41, 5.74) is 2.64. The van der Waals surface area contributed by atoms with Crippen LogP contribution in [-0.2, 0) is 16.6 Å². The first-order valence-electron chi connectivity index (χ1n) is 9.37. The second kappa shape index (κ2) is 7.14. The van der Waals surface area contributed by atoms with Gasteiger partial charge in [0.25, 0.3) is 15.9 Å². The van der Waals surface area contributed by atoms with E-state index in [0.29, 0.717) is 23.8 Å². The number of fused-ring (bicyclic) bond motifs is 3. The molecule has 9 heteroatoms. The molecule has 1 aliphatic carbocycles. The molecule has 2 heterocycles. The highest BCUT2D eigenvalue weighted by Gasteiger charge is 2.36. The quantitative estimate of drug-likeness (QED) is 0.649. The van der Waals surface area contributed by atoms with Crippen molar-refractivity contribution in [2.75, 3.05) is 17.2 Å². The average molecular weight is 492 g/mol. The van der Waals surface area contributed by atoms with Gasteiger partial charge in [-0.3, -0.25) is 4.79 Å². The van der Waals surface area contributed by atoms with Crippen molar-refractivity contribution in [1.82, 2.24) is 4.90 Å². The normalized spacial score (nSPS) is 19.3. The fourth-order valence-electron chi connectivity index (χ4n) is 3.61. The summed E-state index contributed by atoms with van der Waals surface area (Å²) in [6.07, 6.45) is 2.06. The third kappa shape index (κ3) is 3.83. The highest BCUT2D eigenvalue weighted by atomic mass is 79.9. The number of anilines is 1. The van der Waals surface area contributed by atoms with Crippen LogP contribution in [0.1, 0.15) is 28.8 Å². The highest BCUT2D eigenvalue weighted by molar-refractivity contribution is 9.10. The molecule has 0 spiro atoms. The van der Waals surface area contributed by atoms with Crippen molar-refractivity contribution in [2.24, 2.45) is 4.40 Å². The number of nitrogens with zero attached hydrogens (tertiary/aromatic N) is 3. The molecule has 0 aromatic heterocycles. The van der Waals surface area contributed by atoms with Crippen molar-refractivity contribution in [3.8, 4) is 0 Å². The number of amides is 1. The molecule has 2 aliphatic heterocycles. The molecular weight excluding hydrogens is 474 g/mol. The monoisotopic (exact) mass is 491 g/mol. The molecule has 0 bridgehead atoms. The van der Waals surface area contributed by atoms with Crippen LogP contribution < -0.4 is 4.90 Å². The lowest BCUT2D eigenvalue weighted by atomic mass is 10.1. The summed E-state index contributed by atoms with van der Waals surface area (Å²) in [6, 6.07) is 13.9. The van der Waals surface area contributed by atoms with Crippen LogP contribution >= 0.6 is 27.7 Å². The molecule has 0 unspecified atom stereocenters. The van der Waals surface area contributed by atoms with Gasteiger partial charge in [0.05, 0.1) is 11.4 Å². The molecule has 0 N–H and O–H groups in total. The third-order valence-electron chi connectivity index (χ3n) is 5.21. The molecule has 1 saturated carbocycles. The van der Waals surface area contributed by atoms with Gasteiger partial charge in [-0.05, 0) is 60.5 Å². The predicted octanol–water partition coefficient (Wildman–Crippen LogP) is 3.87. The van der Waals surface area contributed by atoms with Crippen LogP contribution in [-0.4, -0.2) is 42.7 Å². The zero-order valence-corrected chi connectivity index (χ0v) is 18.6. The van der Waals surface area contributed by atoms with Gasteiger partial charge in [-0.1, -0.05) is 28.1 Å². The van der Waals surface area contributed by atoms with Crippen molar-refractivity contribution in [3.63, 3.8) is 0 Å². The summed E-state index contributed by atoms with van der Waals surface area (Å²) in [6.45, 7) is 0.968. The Labute approximate surface area is 182 Å². The van der Waals surface area contributed by atoms with E-state index in [1.807, 2.05) is 52.3 Å². The van der Waals surface area contributed by atoms with Gasteiger partial charge in [-0.25, -0.2) is 8.42 Å². The van der Waals surface area contributed by atoms with Crippen molar-refractivity contribution in [2.45, 2.75) is 30.3 Å². The fourth-order valence-corrected chi connectivity index (χ4v) is 6.36. The Morgan fingerprint density at radius 3 is 2.83 bits per heavy atom. The molecule has 3 aliphatic rings. The van der Waals surface area contributed by atoms with Crippen LogP contribution in [0.3, 0.4) is 0 Å². The molecule has 2 aromatic carbocycles. The minimum Gasteiger partial charge on any atom is -0.331 e. The van der Waals surface area contributed by atoms with Gasteiger partial charge in [-0.2, -0.15) is 0 Å². The van der Waals surface area contributed by atoms with Gasteiger partial charge >= 0.3 is 0 Å². The molecule has 0 atom stereocenters. The zero-order chi connectivity index (χ0) is 20.2. The van der Waals surface area contributed by atoms with Crippen LogP contribution in [0.5, 0.6) is 0 Å². The van der Waals surface area contributed by atoms with E-state index < -0.39 is 10.0 Å². The Morgan fingerprint density at radius 1 is 1.24 bits per heavy atom. The molecule has 29 heavy (non-hydrogen) atoms. The second-order valence-corrected chi connectivity index (χ2v) is 11.1. The largest absolute Gasteiger partial charge is 0.331 e. The lowest BCUT2D eigenvalue weighted by Crippen LogP contribution is -2.35. The number of benzene rings is 2. The van der Waals surface area contributed by atoms with E-state index in [1.54, 1.807) is 0 Å². The first kappa shape index (κ1) is 19.1. The molecule has 150 valence electrons. The molecule has 1 amide bonds. The first-order chi connectivity index (χ1) is 13.9. The number of thioether (sulfide) groups is 1. The van der Waals surface area contributed by atoms with E-state index in [2.05, 4.69) is 20.3 Å². The summed E-state index contributed by atoms with van der Waals surface area (Å²) in [4.78, 5) is 18.0. The molecule has 2 aromatic rings. The van der Waals surface area contributed by atoms with Crippen molar-refractivity contribution < 1.29 is 13.2 Å². The van der Waals surface area contributed by atoms with Crippen molar-refractivity contribution in [1.29, 1.82) is 0 Å². The third-order valence-corrected chi connectivity index (χ3v) is 8.01. The van der Waals surface area contributed by atoms with Gasteiger partial charge in [0.15, 0.2) is 5.17 Å². The number of hydrogen-bond acceptors (Lipinski definition) is 5. The van der Waals surface area contributed by atoms with Crippen molar-refractivity contribution in [3.05, 3.63) is 58.1 Å². The van der Waals surface area contributed by atoms with E-state index >= 15 is 0 Å². The number of amidine groups is 1. The molecular formula is C20H18BrN3O3S2. The highest BCUT2D eigenvalue weighted by Crippen LogP contribution is 2.42. The van der Waals surface area contributed by atoms with E-state index in [4.69, 9.17) is 0 Å². The summed E-state index contributed by atoms with van der Waals surface area (Å²) in [7, 11) is -3.39. The Bertz CT molecular complexity index is 1150. The van der Waals surface area contributed by atoms with E-state index in [-0.39, 0.29) is 17.7 Å². The molecule has 6 nitrogen and oxygen atoms in total. The molecule has 0 saturated heterocycles. The Morgan fingerprint density at radius 2 is 2.07 bits per heavy atom. The van der Waals surface area contributed by atoms with Crippen LogP contribution in [0.15, 0.2) is 56.2 Å². The second-order valence-electron chi connectivity index (χ2n) is 7.39. The number of carbonyl (C=O) groups excluding carboxylic acids is 1. The molecule has 0 radical (unpaired) electrons. The Balaban J connectivity index is 1.42. The maximum absolute atomic E-state index is 13.3. The number of halogens is 1. The fraction of sp³-hybridized carbons (Fsp3) is 0.300. The average Bonchev–Trinajstić information content (AvgIpc) is 3.45. The molecule has 1 fully saturated rings. The number of rotatable bonds is 4. The Hall–Kier alpha value is -1.84. The lowest BCUT2D eigenvalue weighted by molar-refractivity contribution is 0.0729. The standard InChI is InChI=1S/C20H18BrN3O3S2/c21-15-3-1-2-13(10-15)12-24(16-5-6-16)19(25)14-4-7-17-18(11-14)28-20-22-29(26,27)9-8-23(17)20/h1-4,7,10-11,16H,5-6,8-9,12H2.